The smallest absolute Gasteiger partial charge is 0.116 e. The van der Waals surface area contributed by atoms with Crippen molar-refractivity contribution in [2.45, 2.75) is 32.1 Å². The molecule has 0 saturated heterocycles. The number of nitrogens with one attached hydrogen (secondary N) is 1. The molecule has 0 aliphatic rings. The third kappa shape index (κ3) is 4.45. The highest BCUT2D eigenvalue weighted by Gasteiger charge is 2.19. The zero-order valence-corrected chi connectivity index (χ0v) is 11.0. The van der Waals surface area contributed by atoms with E-state index in [0.29, 0.717) is 6.04 Å². The Kier molecular flexibility index (Phi) is 4.30. The molecule has 0 aromatic heterocycles. The summed E-state index contributed by atoms with van der Waals surface area (Å²) in [5.41, 5.74) is 1.36. The van der Waals surface area contributed by atoms with Crippen LogP contribution in [0.5, 0.6) is 0 Å². The van der Waals surface area contributed by atoms with Crippen LogP contribution in [0.4, 0.5) is 0 Å². The lowest BCUT2D eigenvalue weighted by Gasteiger charge is -2.26. The molecule has 0 fully saturated rings. The van der Waals surface area contributed by atoms with Crippen molar-refractivity contribution >= 4 is 8.24 Å². The van der Waals surface area contributed by atoms with Gasteiger partial charge in [-0.15, -0.1) is 6.58 Å². The van der Waals surface area contributed by atoms with Gasteiger partial charge in [0.15, 0.2) is 0 Å². The van der Waals surface area contributed by atoms with Gasteiger partial charge >= 0.3 is 0 Å². The van der Waals surface area contributed by atoms with Crippen LogP contribution in [0.1, 0.15) is 18.0 Å². The molecule has 0 saturated carbocycles. The predicted molar refractivity (Wildman–Crippen MR) is 70.5 cm³/mol. The van der Waals surface area contributed by atoms with Crippen molar-refractivity contribution in [3.8, 4) is 0 Å². The highest BCUT2D eigenvalue weighted by atomic mass is 28.3. The lowest BCUT2D eigenvalue weighted by molar-refractivity contribution is 0.660. The normalized spacial score (nSPS) is 13.5. The molecule has 0 heterocycles. The second kappa shape index (κ2) is 5.28. The monoisotopic (exact) mass is 219 g/mol. The van der Waals surface area contributed by atoms with Gasteiger partial charge < -0.3 is 4.98 Å². The molecule has 0 spiro atoms. The maximum Gasteiger partial charge on any atom is 0.116 e. The molecule has 0 amide bonds. The zero-order chi connectivity index (χ0) is 11.3. The van der Waals surface area contributed by atoms with Crippen molar-refractivity contribution in [3.05, 3.63) is 48.6 Å². The Morgan fingerprint density at radius 2 is 1.87 bits per heavy atom. The lowest BCUT2D eigenvalue weighted by atomic mass is 10.1. The van der Waals surface area contributed by atoms with Crippen LogP contribution in [-0.2, 0) is 0 Å². The molecular weight excluding hydrogens is 198 g/mol. The molecule has 1 aromatic carbocycles. The minimum Gasteiger partial charge on any atom is -0.331 e. The summed E-state index contributed by atoms with van der Waals surface area (Å²) >= 11 is 0. The van der Waals surface area contributed by atoms with Crippen molar-refractivity contribution < 1.29 is 0 Å². The van der Waals surface area contributed by atoms with E-state index in [-0.39, 0.29) is 0 Å². The van der Waals surface area contributed by atoms with Gasteiger partial charge in [-0.05, 0) is 12.0 Å². The summed E-state index contributed by atoms with van der Waals surface area (Å²) in [5, 5.41) is 0. The molecular formula is C13H21NSi. The van der Waals surface area contributed by atoms with Crippen LogP contribution in [0.15, 0.2) is 43.0 Å². The van der Waals surface area contributed by atoms with Crippen molar-refractivity contribution in [2.24, 2.45) is 0 Å². The summed E-state index contributed by atoms with van der Waals surface area (Å²) in [4.78, 5) is 3.74. The Hall–Kier alpha value is -0.863. The Morgan fingerprint density at radius 3 is 2.33 bits per heavy atom. The van der Waals surface area contributed by atoms with Gasteiger partial charge in [0.05, 0.1) is 0 Å². The van der Waals surface area contributed by atoms with E-state index >= 15 is 0 Å². The van der Waals surface area contributed by atoms with Gasteiger partial charge in [-0.2, -0.15) is 0 Å². The minimum absolute atomic E-state index is 0.426. The summed E-state index contributed by atoms with van der Waals surface area (Å²) in [6, 6.07) is 11.0. The fraction of sp³-hybridized carbons (Fsp3) is 0.385. The largest absolute Gasteiger partial charge is 0.331 e. The summed E-state index contributed by atoms with van der Waals surface area (Å²) in [5.74, 6) is 0. The third-order valence-corrected chi connectivity index (χ3v) is 3.43. The molecule has 82 valence electrons. The Bertz CT molecular complexity index is 300. The molecule has 1 unspecified atom stereocenters. The van der Waals surface area contributed by atoms with Crippen LogP contribution in [0.2, 0.25) is 19.6 Å². The SMILES string of the molecule is C=CCC(N[Si](C)(C)C)c1ccccc1. The van der Waals surface area contributed by atoms with Crippen LogP contribution in [0, 0.1) is 0 Å². The average molecular weight is 219 g/mol. The van der Waals surface area contributed by atoms with Crippen LogP contribution < -0.4 is 4.98 Å². The summed E-state index contributed by atoms with van der Waals surface area (Å²) in [6.45, 7) is 10.8. The average Bonchev–Trinajstić information content (AvgIpc) is 2.17. The molecule has 1 atom stereocenters. The molecule has 0 radical (unpaired) electrons. The van der Waals surface area contributed by atoms with Gasteiger partial charge in [0.25, 0.3) is 0 Å². The molecule has 15 heavy (non-hydrogen) atoms. The first-order chi connectivity index (χ1) is 7.03. The van der Waals surface area contributed by atoms with Gasteiger partial charge in [0, 0.05) is 6.04 Å². The van der Waals surface area contributed by atoms with Crippen LogP contribution in [-0.4, -0.2) is 8.24 Å². The van der Waals surface area contributed by atoms with Gasteiger partial charge in [0.1, 0.15) is 8.24 Å². The summed E-state index contributed by atoms with van der Waals surface area (Å²) in [7, 11) is -1.24. The van der Waals surface area contributed by atoms with Gasteiger partial charge in [0.2, 0.25) is 0 Å². The molecule has 2 heteroatoms. The van der Waals surface area contributed by atoms with Gasteiger partial charge in [-0.25, -0.2) is 0 Å². The van der Waals surface area contributed by atoms with E-state index in [2.05, 4.69) is 61.5 Å². The molecule has 0 aliphatic carbocycles. The standard InChI is InChI=1S/C13H21NSi/c1-5-9-13(14-15(2,3)4)12-10-7-6-8-11-12/h5-8,10-11,13-14H,1,9H2,2-4H3. The van der Waals surface area contributed by atoms with Gasteiger partial charge in [-0.1, -0.05) is 56.0 Å². The second-order valence-electron chi connectivity index (χ2n) is 4.88. The maximum absolute atomic E-state index is 3.83. The molecule has 1 N–H and O–H groups in total. The number of rotatable bonds is 5. The highest BCUT2D eigenvalue weighted by molar-refractivity contribution is 6.73. The van der Waals surface area contributed by atoms with Crippen molar-refractivity contribution in [2.75, 3.05) is 0 Å². The van der Waals surface area contributed by atoms with Crippen LogP contribution >= 0.6 is 0 Å². The number of hydrogen-bond acceptors (Lipinski definition) is 1. The Morgan fingerprint density at radius 1 is 1.27 bits per heavy atom. The van der Waals surface area contributed by atoms with E-state index in [9.17, 15) is 0 Å². The fourth-order valence-corrected chi connectivity index (χ4v) is 2.98. The number of benzene rings is 1. The fourth-order valence-electron chi connectivity index (χ4n) is 1.65. The van der Waals surface area contributed by atoms with Crippen LogP contribution in [0.25, 0.3) is 0 Å². The van der Waals surface area contributed by atoms with E-state index in [4.69, 9.17) is 0 Å². The highest BCUT2D eigenvalue weighted by Crippen LogP contribution is 2.19. The maximum atomic E-state index is 3.83. The van der Waals surface area contributed by atoms with Crippen LogP contribution in [0.3, 0.4) is 0 Å². The third-order valence-electron chi connectivity index (χ3n) is 2.21. The minimum atomic E-state index is -1.24. The molecule has 1 rings (SSSR count). The van der Waals surface area contributed by atoms with E-state index in [1.54, 1.807) is 0 Å². The first kappa shape index (κ1) is 12.2. The van der Waals surface area contributed by atoms with Gasteiger partial charge in [-0.3, -0.25) is 0 Å². The topological polar surface area (TPSA) is 12.0 Å². The van der Waals surface area contributed by atoms with Crippen molar-refractivity contribution in [1.29, 1.82) is 0 Å². The van der Waals surface area contributed by atoms with Crippen molar-refractivity contribution in [1.82, 2.24) is 4.98 Å². The Balaban J connectivity index is 2.79. The Labute approximate surface area is 94.3 Å². The first-order valence-electron chi connectivity index (χ1n) is 5.46. The zero-order valence-electron chi connectivity index (χ0n) is 9.96. The van der Waals surface area contributed by atoms with E-state index in [1.165, 1.54) is 5.56 Å². The summed E-state index contributed by atoms with van der Waals surface area (Å²) < 4.78 is 0. The van der Waals surface area contributed by atoms with E-state index < -0.39 is 8.24 Å². The molecule has 0 bridgehead atoms. The molecule has 0 aliphatic heterocycles. The quantitative estimate of drug-likeness (QED) is 0.588. The number of hydrogen-bond donors (Lipinski definition) is 1. The lowest BCUT2D eigenvalue weighted by Crippen LogP contribution is -2.43. The molecule has 1 nitrogen and oxygen atoms in total. The van der Waals surface area contributed by atoms with E-state index in [0.717, 1.165) is 6.42 Å². The second-order valence-corrected chi connectivity index (χ2v) is 9.67. The summed E-state index contributed by atoms with van der Waals surface area (Å²) in [6.07, 6.45) is 2.99. The molecule has 1 aromatic rings. The van der Waals surface area contributed by atoms with E-state index in [1.807, 2.05) is 6.08 Å². The predicted octanol–water partition coefficient (Wildman–Crippen LogP) is 3.73. The van der Waals surface area contributed by atoms with Crippen molar-refractivity contribution in [3.63, 3.8) is 0 Å². The first-order valence-corrected chi connectivity index (χ1v) is 8.96.